The topological polar surface area (TPSA) is 50.9 Å². The van der Waals surface area contributed by atoms with Crippen molar-refractivity contribution in [2.24, 2.45) is 0 Å². The number of fused-ring (bicyclic) bond motifs is 7. The summed E-state index contributed by atoms with van der Waals surface area (Å²) in [6, 6.07) is 51.6. The number of phenols is 1. The summed E-state index contributed by atoms with van der Waals surface area (Å²) >= 11 is 0. The molecule has 0 radical (unpaired) electrons. The summed E-state index contributed by atoms with van der Waals surface area (Å²) < 4.78 is 2.25. The highest BCUT2D eigenvalue weighted by atomic mass is 16.3. The van der Waals surface area contributed by atoms with Crippen LogP contribution in [0.3, 0.4) is 0 Å². The Balaban J connectivity index is 1.64. The lowest BCUT2D eigenvalue weighted by atomic mass is 10.0. The smallest absolute Gasteiger partial charge is 0.138 e. The van der Waals surface area contributed by atoms with E-state index in [2.05, 4.69) is 101 Å². The molecule has 4 heteroatoms. The molecule has 5 aromatic carbocycles. The highest BCUT2D eigenvalue weighted by Gasteiger charge is 2.14. The Kier molecular flexibility index (Phi) is 6.24. The zero-order valence-electron chi connectivity index (χ0n) is 23.8. The van der Waals surface area contributed by atoms with Crippen molar-refractivity contribution in [3.8, 4) is 34.1 Å². The molecule has 0 aliphatic heterocycles. The van der Waals surface area contributed by atoms with E-state index < -0.39 is 0 Å². The van der Waals surface area contributed by atoms with E-state index in [0.29, 0.717) is 11.3 Å². The Bertz CT molecular complexity index is 2410. The van der Waals surface area contributed by atoms with Crippen LogP contribution in [0.5, 0.6) is 5.75 Å². The molecule has 0 amide bonds. The van der Waals surface area contributed by atoms with Crippen LogP contribution in [0.25, 0.3) is 71.7 Å². The molecule has 0 saturated carbocycles. The minimum Gasteiger partial charge on any atom is -0.507 e. The van der Waals surface area contributed by atoms with Gasteiger partial charge in [0.1, 0.15) is 11.6 Å². The van der Waals surface area contributed by atoms with Gasteiger partial charge in [-0.1, -0.05) is 103 Å². The van der Waals surface area contributed by atoms with Crippen LogP contribution in [-0.4, -0.2) is 19.6 Å². The van der Waals surface area contributed by atoms with Crippen LogP contribution in [0.2, 0.25) is 0 Å². The van der Waals surface area contributed by atoms with Crippen LogP contribution in [0, 0.1) is 0 Å². The van der Waals surface area contributed by atoms with Crippen molar-refractivity contribution in [1.29, 1.82) is 0 Å². The number of hydrogen-bond donors (Lipinski definition) is 1. The average Bonchev–Trinajstić information content (AvgIpc) is 3.13. The van der Waals surface area contributed by atoms with Gasteiger partial charge in [0.2, 0.25) is 0 Å². The molecule has 208 valence electrons. The number of pyridine rings is 2. The number of aromatic hydroxyl groups is 1. The first-order chi connectivity index (χ1) is 21.8. The largest absolute Gasteiger partial charge is 0.507 e. The van der Waals surface area contributed by atoms with Crippen LogP contribution >= 0.6 is 0 Å². The normalized spacial score (nSPS) is 11.3. The van der Waals surface area contributed by atoms with Crippen molar-refractivity contribution < 1.29 is 5.11 Å². The van der Waals surface area contributed by atoms with Gasteiger partial charge in [-0.2, -0.15) is 0 Å². The Morgan fingerprint density at radius 2 is 1.05 bits per heavy atom. The molecule has 3 aromatic heterocycles. The Morgan fingerprint density at radius 1 is 0.455 bits per heavy atom. The van der Waals surface area contributed by atoms with Crippen LogP contribution in [0.4, 0.5) is 0 Å². The van der Waals surface area contributed by atoms with E-state index >= 15 is 0 Å². The minimum atomic E-state index is 0.197. The fourth-order valence-electron chi connectivity index (χ4n) is 6.20. The lowest BCUT2D eigenvalue weighted by molar-refractivity contribution is 0.477. The van der Waals surface area contributed by atoms with Crippen molar-refractivity contribution in [2.45, 2.75) is 0 Å². The lowest BCUT2D eigenvalue weighted by Crippen LogP contribution is -2.02. The number of benzene rings is 5. The van der Waals surface area contributed by atoms with Gasteiger partial charge in [-0.05, 0) is 70.1 Å². The van der Waals surface area contributed by atoms with Crippen molar-refractivity contribution in [3.05, 3.63) is 158 Å². The summed E-state index contributed by atoms with van der Waals surface area (Å²) in [5, 5.41) is 17.5. The van der Waals surface area contributed by atoms with Crippen molar-refractivity contribution in [1.82, 2.24) is 14.5 Å². The number of rotatable bonds is 3. The van der Waals surface area contributed by atoms with Gasteiger partial charge in [0.05, 0.1) is 22.4 Å². The van der Waals surface area contributed by atoms with Crippen molar-refractivity contribution in [3.63, 3.8) is 0 Å². The SMILES string of the molecule is Oc1ccccc1-c1cccc(-n2c3ccccc3c3ccccc3c3ccccc3c3ccc(-c4ccccn4)cc32)n1. The van der Waals surface area contributed by atoms with Crippen LogP contribution in [0.15, 0.2) is 158 Å². The fraction of sp³-hybridized carbons (Fsp3) is 0. The summed E-state index contributed by atoms with van der Waals surface area (Å²) in [7, 11) is 0. The van der Waals surface area contributed by atoms with E-state index in [0.717, 1.165) is 49.7 Å². The van der Waals surface area contributed by atoms with Gasteiger partial charge in [-0.15, -0.1) is 0 Å². The highest BCUT2D eigenvalue weighted by Crippen LogP contribution is 2.36. The van der Waals surface area contributed by atoms with Crippen LogP contribution < -0.4 is 0 Å². The molecule has 0 bridgehead atoms. The third kappa shape index (κ3) is 4.32. The molecule has 0 atom stereocenters. The first kappa shape index (κ1) is 25.7. The molecular formula is C40H27N3O. The number of aromatic nitrogens is 3. The van der Waals surface area contributed by atoms with E-state index in [9.17, 15) is 5.11 Å². The molecule has 0 unspecified atom stereocenters. The fourth-order valence-corrected chi connectivity index (χ4v) is 6.20. The van der Waals surface area contributed by atoms with Crippen LogP contribution in [-0.2, 0) is 0 Å². The summed E-state index contributed by atoms with van der Waals surface area (Å²) in [6.07, 6.45) is 1.83. The molecule has 1 N–H and O–H groups in total. The highest BCUT2D eigenvalue weighted by molar-refractivity contribution is 6.19. The van der Waals surface area contributed by atoms with Gasteiger partial charge in [-0.3, -0.25) is 9.55 Å². The van der Waals surface area contributed by atoms with E-state index in [-0.39, 0.29) is 5.75 Å². The zero-order valence-corrected chi connectivity index (χ0v) is 23.8. The lowest BCUT2D eigenvalue weighted by Gasteiger charge is -2.15. The molecule has 0 aliphatic rings. The molecule has 8 rings (SSSR count). The van der Waals surface area contributed by atoms with E-state index in [1.165, 1.54) is 10.8 Å². The monoisotopic (exact) mass is 565 g/mol. The van der Waals surface area contributed by atoms with Gasteiger partial charge in [0.25, 0.3) is 0 Å². The van der Waals surface area contributed by atoms with Crippen LogP contribution in [0.1, 0.15) is 0 Å². The summed E-state index contributed by atoms with van der Waals surface area (Å²) in [5.41, 5.74) is 5.29. The predicted octanol–water partition coefficient (Wildman–Crippen LogP) is 10.0. The Morgan fingerprint density at radius 3 is 1.75 bits per heavy atom. The number of phenolic OH excluding ortho intramolecular Hbond substituents is 1. The first-order valence-electron chi connectivity index (χ1n) is 14.7. The standard InChI is InChI=1S/C40H27N3O/c44-39-21-8-6-17-34(39)36-19-11-22-40(42-36)43-37-20-7-5-16-32(37)30-14-3-1-12-28(30)29-13-2-4-15-31(29)33-24-23-27(26-38(33)43)35-18-9-10-25-41-35/h1-26,44H. The average molecular weight is 566 g/mol. The quantitative estimate of drug-likeness (QED) is 0.232. The molecular weight excluding hydrogens is 538 g/mol. The molecule has 0 fully saturated rings. The maximum Gasteiger partial charge on any atom is 0.138 e. The summed E-state index contributed by atoms with van der Waals surface area (Å²) in [4.78, 5) is 9.87. The molecule has 0 spiro atoms. The van der Waals surface area contributed by atoms with Gasteiger partial charge in [0, 0.05) is 28.1 Å². The molecule has 0 saturated heterocycles. The second-order valence-corrected chi connectivity index (χ2v) is 10.8. The number of para-hydroxylation sites is 2. The second-order valence-electron chi connectivity index (χ2n) is 10.8. The Labute approximate surface area is 254 Å². The third-order valence-corrected chi connectivity index (χ3v) is 8.21. The third-order valence-electron chi connectivity index (χ3n) is 8.21. The summed E-state index contributed by atoms with van der Waals surface area (Å²) in [5.74, 6) is 0.942. The second kappa shape index (κ2) is 10.7. The Hall–Kier alpha value is -6.00. The zero-order chi connectivity index (χ0) is 29.5. The molecule has 0 aliphatic carbocycles. The maximum absolute atomic E-state index is 10.7. The minimum absolute atomic E-state index is 0.197. The van der Waals surface area contributed by atoms with E-state index in [4.69, 9.17) is 4.98 Å². The van der Waals surface area contributed by atoms with Crippen molar-refractivity contribution >= 4 is 43.4 Å². The first-order valence-corrected chi connectivity index (χ1v) is 14.7. The van der Waals surface area contributed by atoms with Crippen molar-refractivity contribution in [2.75, 3.05) is 0 Å². The number of nitrogens with zero attached hydrogens (tertiary/aromatic N) is 3. The van der Waals surface area contributed by atoms with E-state index in [1.807, 2.05) is 60.8 Å². The molecule has 8 aromatic rings. The molecule has 3 heterocycles. The predicted molar refractivity (Wildman–Crippen MR) is 182 cm³/mol. The van der Waals surface area contributed by atoms with Gasteiger partial charge >= 0.3 is 0 Å². The van der Waals surface area contributed by atoms with Gasteiger partial charge < -0.3 is 5.11 Å². The molecule has 4 nitrogen and oxygen atoms in total. The van der Waals surface area contributed by atoms with Gasteiger partial charge in [0.15, 0.2) is 0 Å². The number of hydrogen-bond acceptors (Lipinski definition) is 3. The summed E-state index contributed by atoms with van der Waals surface area (Å²) in [6.45, 7) is 0. The maximum atomic E-state index is 10.7. The van der Waals surface area contributed by atoms with E-state index in [1.54, 1.807) is 6.07 Å². The molecule has 44 heavy (non-hydrogen) atoms. The van der Waals surface area contributed by atoms with Gasteiger partial charge in [-0.25, -0.2) is 4.98 Å².